The Balaban J connectivity index is 1.59. The van der Waals surface area contributed by atoms with Gasteiger partial charge in [-0.25, -0.2) is 4.98 Å². The second-order valence-corrected chi connectivity index (χ2v) is 6.81. The van der Waals surface area contributed by atoms with Crippen LogP contribution in [0.2, 0.25) is 0 Å². The second kappa shape index (κ2) is 6.50. The van der Waals surface area contributed by atoms with E-state index >= 15 is 0 Å². The molecule has 0 unspecified atom stereocenters. The van der Waals surface area contributed by atoms with Crippen LogP contribution < -0.4 is 5.32 Å². The Morgan fingerprint density at radius 2 is 2.17 bits per heavy atom. The van der Waals surface area contributed by atoms with Gasteiger partial charge in [0.05, 0.1) is 16.5 Å². The van der Waals surface area contributed by atoms with Crippen molar-refractivity contribution in [1.82, 2.24) is 20.3 Å². The van der Waals surface area contributed by atoms with Crippen molar-refractivity contribution >= 4 is 34.8 Å². The third kappa shape index (κ3) is 3.77. The van der Waals surface area contributed by atoms with E-state index in [2.05, 4.69) is 25.7 Å². The zero-order valence-corrected chi connectivity index (χ0v) is 14.2. The number of carbonyl (C=O) groups excluding carboxylic acids is 1. The van der Waals surface area contributed by atoms with E-state index in [4.69, 9.17) is 8.94 Å². The first-order valence-corrected chi connectivity index (χ1v) is 8.45. The maximum atomic E-state index is 11.8. The highest BCUT2D eigenvalue weighted by Gasteiger charge is 2.16. The lowest BCUT2D eigenvalue weighted by molar-refractivity contribution is -0.113. The van der Waals surface area contributed by atoms with Crippen LogP contribution in [-0.4, -0.2) is 32.0 Å². The largest absolute Gasteiger partial charge is 0.410 e. The molecule has 3 aromatic rings. The maximum Gasteiger partial charge on any atom is 0.277 e. The minimum atomic E-state index is -0.229. The highest BCUT2D eigenvalue weighted by Crippen LogP contribution is 2.30. The van der Waals surface area contributed by atoms with Crippen LogP contribution in [0.5, 0.6) is 0 Å². The van der Waals surface area contributed by atoms with Gasteiger partial charge in [0.2, 0.25) is 5.91 Å². The van der Waals surface area contributed by atoms with Gasteiger partial charge in [-0.15, -0.1) is 21.5 Å². The first-order valence-electron chi connectivity index (χ1n) is 6.65. The van der Waals surface area contributed by atoms with Gasteiger partial charge in [0, 0.05) is 6.07 Å². The molecule has 3 heterocycles. The third-order valence-electron chi connectivity index (χ3n) is 2.73. The normalized spacial score (nSPS) is 10.9. The van der Waals surface area contributed by atoms with Gasteiger partial charge in [-0.2, -0.15) is 0 Å². The number of carbonyl (C=O) groups is 1. The van der Waals surface area contributed by atoms with Crippen LogP contribution in [0.4, 0.5) is 5.82 Å². The third-order valence-corrected chi connectivity index (χ3v) is 4.61. The molecule has 23 heavy (non-hydrogen) atoms. The molecule has 0 aliphatic carbocycles. The Bertz CT molecular complexity index is 838. The van der Waals surface area contributed by atoms with Gasteiger partial charge in [0.25, 0.3) is 11.1 Å². The molecule has 0 saturated heterocycles. The number of aryl methyl sites for hydroxylation is 3. The van der Waals surface area contributed by atoms with Gasteiger partial charge < -0.3 is 14.3 Å². The SMILES string of the molecule is Cc1cc(NC(=O)CSc2nnc(-c3sc(C)nc3C)o2)no1. The minimum Gasteiger partial charge on any atom is -0.410 e. The molecule has 0 aliphatic rings. The molecule has 0 bridgehead atoms. The summed E-state index contributed by atoms with van der Waals surface area (Å²) in [7, 11) is 0. The fraction of sp³-hybridized carbons (Fsp3) is 0.308. The molecule has 120 valence electrons. The predicted octanol–water partition coefficient (Wildman–Crippen LogP) is 2.84. The number of amides is 1. The van der Waals surface area contributed by atoms with Crippen molar-refractivity contribution in [2.45, 2.75) is 26.0 Å². The van der Waals surface area contributed by atoms with E-state index in [-0.39, 0.29) is 11.7 Å². The van der Waals surface area contributed by atoms with Crippen LogP contribution in [0, 0.1) is 20.8 Å². The van der Waals surface area contributed by atoms with Crippen LogP contribution in [0.15, 0.2) is 20.2 Å². The molecular formula is C13H13N5O3S2. The van der Waals surface area contributed by atoms with E-state index in [0.717, 1.165) is 27.3 Å². The molecule has 0 spiro atoms. The topological polar surface area (TPSA) is 107 Å². The lowest BCUT2D eigenvalue weighted by Gasteiger charge is -1.98. The van der Waals surface area contributed by atoms with Crippen LogP contribution in [0.3, 0.4) is 0 Å². The fourth-order valence-corrected chi connectivity index (χ4v) is 3.23. The number of anilines is 1. The number of nitrogens with one attached hydrogen (secondary N) is 1. The molecule has 0 atom stereocenters. The molecule has 1 N–H and O–H groups in total. The monoisotopic (exact) mass is 351 g/mol. The molecule has 0 aliphatic heterocycles. The van der Waals surface area contributed by atoms with Gasteiger partial charge >= 0.3 is 0 Å². The Morgan fingerprint density at radius 1 is 1.35 bits per heavy atom. The van der Waals surface area contributed by atoms with Gasteiger partial charge in [-0.05, 0) is 20.8 Å². The molecule has 1 amide bonds. The quantitative estimate of drug-likeness (QED) is 0.699. The fourth-order valence-electron chi connectivity index (χ4n) is 1.82. The second-order valence-electron chi connectivity index (χ2n) is 4.68. The summed E-state index contributed by atoms with van der Waals surface area (Å²) in [6, 6.07) is 1.64. The molecule has 0 saturated carbocycles. The number of thioether (sulfide) groups is 1. The van der Waals surface area contributed by atoms with E-state index in [1.165, 1.54) is 11.3 Å². The van der Waals surface area contributed by atoms with E-state index < -0.39 is 0 Å². The lowest BCUT2D eigenvalue weighted by atomic mass is 10.4. The Labute approximate surface area is 139 Å². The highest BCUT2D eigenvalue weighted by atomic mass is 32.2. The van der Waals surface area contributed by atoms with Crippen molar-refractivity contribution in [2.24, 2.45) is 0 Å². The van der Waals surface area contributed by atoms with E-state index in [1.807, 2.05) is 13.8 Å². The summed E-state index contributed by atoms with van der Waals surface area (Å²) < 4.78 is 10.4. The van der Waals surface area contributed by atoms with Crippen LogP contribution in [0.25, 0.3) is 10.8 Å². The number of thiazole rings is 1. The molecule has 0 aromatic carbocycles. The molecular weight excluding hydrogens is 338 g/mol. The zero-order valence-electron chi connectivity index (χ0n) is 12.6. The summed E-state index contributed by atoms with van der Waals surface area (Å²) >= 11 is 2.65. The summed E-state index contributed by atoms with van der Waals surface area (Å²) in [5.41, 5.74) is 0.854. The first kappa shape index (κ1) is 15.7. The Morgan fingerprint density at radius 3 is 2.83 bits per heavy atom. The number of hydrogen-bond acceptors (Lipinski definition) is 9. The molecule has 0 fully saturated rings. The summed E-state index contributed by atoms with van der Waals surface area (Å²) in [6.45, 7) is 5.56. The van der Waals surface area contributed by atoms with E-state index in [1.54, 1.807) is 13.0 Å². The number of rotatable bonds is 5. The van der Waals surface area contributed by atoms with E-state index in [0.29, 0.717) is 22.7 Å². The van der Waals surface area contributed by atoms with Crippen molar-refractivity contribution in [3.63, 3.8) is 0 Å². The summed E-state index contributed by atoms with van der Waals surface area (Å²) in [4.78, 5) is 17.0. The maximum absolute atomic E-state index is 11.8. The van der Waals surface area contributed by atoms with E-state index in [9.17, 15) is 4.79 Å². The van der Waals surface area contributed by atoms with Gasteiger partial charge in [-0.3, -0.25) is 4.79 Å². The summed E-state index contributed by atoms with van der Waals surface area (Å²) in [6.07, 6.45) is 0. The number of hydrogen-bond donors (Lipinski definition) is 1. The first-order chi connectivity index (χ1) is 11.0. The van der Waals surface area contributed by atoms with Crippen LogP contribution in [0.1, 0.15) is 16.5 Å². The Hall–Kier alpha value is -2.20. The van der Waals surface area contributed by atoms with Crippen molar-refractivity contribution < 1.29 is 13.7 Å². The van der Waals surface area contributed by atoms with Crippen molar-refractivity contribution in [3.8, 4) is 10.8 Å². The van der Waals surface area contributed by atoms with Gasteiger partial charge in [0.1, 0.15) is 10.6 Å². The summed E-state index contributed by atoms with van der Waals surface area (Å²) in [5, 5.41) is 15.5. The number of nitrogens with zero attached hydrogens (tertiary/aromatic N) is 4. The van der Waals surface area contributed by atoms with Crippen LogP contribution in [-0.2, 0) is 4.79 Å². The number of aromatic nitrogens is 4. The summed E-state index contributed by atoms with van der Waals surface area (Å²) in [5.74, 6) is 1.34. The predicted molar refractivity (Wildman–Crippen MR) is 85.5 cm³/mol. The van der Waals surface area contributed by atoms with Crippen molar-refractivity contribution in [3.05, 3.63) is 22.5 Å². The molecule has 0 radical (unpaired) electrons. The molecule has 3 aromatic heterocycles. The lowest BCUT2D eigenvalue weighted by Crippen LogP contribution is -2.14. The average molecular weight is 351 g/mol. The van der Waals surface area contributed by atoms with Crippen LogP contribution >= 0.6 is 23.1 Å². The molecule has 8 nitrogen and oxygen atoms in total. The molecule has 3 rings (SSSR count). The van der Waals surface area contributed by atoms with Gasteiger partial charge in [0.15, 0.2) is 5.82 Å². The standard InChI is InChI=1S/C13H13N5O3S2/c1-6-4-9(18-21-6)15-10(19)5-22-13-17-16-12(20-13)11-7(2)14-8(3)23-11/h4H,5H2,1-3H3,(H,15,18,19). The highest BCUT2D eigenvalue weighted by molar-refractivity contribution is 7.99. The van der Waals surface area contributed by atoms with Crippen molar-refractivity contribution in [1.29, 1.82) is 0 Å². The minimum absolute atomic E-state index is 0.133. The zero-order chi connectivity index (χ0) is 16.4. The van der Waals surface area contributed by atoms with Crippen molar-refractivity contribution in [2.75, 3.05) is 11.1 Å². The smallest absolute Gasteiger partial charge is 0.277 e. The van der Waals surface area contributed by atoms with Gasteiger partial charge in [-0.1, -0.05) is 16.9 Å². The Kier molecular flexibility index (Phi) is 4.44. The average Bonchev–Trinajstić information content (AvgIpc) is 3.18. The molecule has 10 heteroatoms.